The van der Waals surface area contributed by atoms with Gasteiger partial charge in [-0.05, 0) is 49.6 Å². The van der Waals surface area contributed by atoms with Crippen molar-refractivity contribution in [2.24, 2.45) is 0 Å². The molecule has 0 N–H and O–H groups in total. The first kappa shape index (κ1) is 27.8. The maximum absolute atomic E-state index is 12.0. The maximum atomic E-state index is 12.0. The Bertz CT molecular complexity index is 1070. The first-order chi connectivity index (χ1) is 15.1. The highest BCUT2D eigenvalue weighted by Gasteiger charge is 2.15. The molecule has 0 amide bonds. The molecule has 1 aliphatic rings. The highest BCUT2D eigenvalue weighted by molar-refractivity contribution is 6.00. The minimum Gasteiger partial charge on any atom is -0.454 e. The first-order valence-corrected chi connectivity index (χ1v) is 10.9. The van der Waals surface area contributed by atoms with Crippen LogP contribution in [-0.4, -0.2) is 23.3 Å². The molecule has 2 heterocycles. The molecule has 178 valence electrons. The van der Waals surface area contributed by atoms with E-state index in [0.29, 0.717) is 24.2 Å². The summed E-state index contributed by atoms with van der Waals surface area (Å²) in [5, 5.41) is 1.05. The van der Waals surface area contributed by atoms with Crippen molar-refractivity contribution in [1.29, 1.82) is 0 Å². The number of Topliss-reactive ketones (excluding diaryl/α,β-unsaturated/α-hetero) is 2. The fourth-order valence-electron chi connectivity index (χ4n) is 3.47. The summed E-state index contributed by atoms with van der Waals surface area (Å²) in [5.41, 5.74) is 3.39. The molecule has 0 aliphatic carbocycles. The Hall–Kier alpha value is -3.21. The lowest BCUT2D eigenvalue weighted by atomic mass is 10.0. The number of carbonyl (C=O) groups excluding carboxylic acids is 2. The molecular formula is C28H37NO4. The number of aryl methyl sites for hydroxylation is 1. The number of aromatic nitrogens is 1. The highest BCUT2D eigenvalue weighted by Crippen LogP contribution is 2.32. The summed E-state index contributed by atoms with van der Waals surface area (Å²) in [4.78, 5) is 28.2. The number of ketones is 2. The Balaban J connectivity index is 0.000000316. The van der Waals surface area contributed by atoms with Crippen LogP contribution in [-0.2, 0) is 6.42 Å². The van der Waals surface area contributed by atoms with Crippen LogP contribution >= 0.6 is 0 Å². The lowest BCUT2D eigenvalue weighted by molar-refractivity contribution is 0.0973. The summed E-state index contributed by atoms with van der Waals surface area (Å²) >= 11 is 0. The van der Waals surface area contributed by atoms with Crippen molar-refractivity contribution in [2.45, 2.75) is 67.7 Å². The van der Waals surface area contributed by atoms with Crippen LogP contribution < -0.4 is 9.47 Å². The molecule has 1 aliphatic heterocycles. The largest absolute Gasteiger partial charge is 0.454 e. The Kier molecular flexibility index (Phi) is 11.3. The van der Waals surface area contributed by atoms with E-state index >= 15 is 0 Å². The summed E-state index contributed by atoms with van der Waals surface area (Å²) < 4.78 is 10.4. The van der Waals surface area contributed by atoms with Gasteiger partial charge in [-0.3, -0.25) is 14.6 Å². The van der Waals surface area contributed by atoms with Crippen molar-refractivity contribution in [3.63, 3.8) is 0 Å². The van der Waals surface area contributed by atoms with Crippen LogP contribution in [0.3, 0.4) is 0 Å². The van der Waals surface area contributed by atoms with Gasteiger partial charge in [-0.2, -0.15) is 0 Å². The zero-order valence-corrected chi connectivity index (χ0v) is 18.4. The number of fused-ring (bicyclic) bond motifs is 2. The van der Waals surface area contributed by atoms with Gasteiger partial charge in [0.15, 0.2) is 23.1 Å². The number of ether oxygens (including phenoxy) is 2. The van der Waals surface area contributed by atoms with Gasteiger partial charge in [-0.15, -0.1) is 0 Å². The van der Waals surface area contributed by atoms with E-state index in [4.69, 9.17) is 9.47 Å². The minimum atomic E-state index is 0. The molecule has 0 bridgehead atoms. The average Bonchev–Trinajstić information content (AvgIpc) is 3.27. The van der Waals surface area contributed by atoms with Crippen LogP contribution in [0, 0.1) is 0 Å². The third-order valence-electron chi connectivity index (χ3n) is 5.09. The van der Waals surface area contributed by atoms with Crippen molar-refractivity contribution in [2.75, 3.05) is 6.79 Å². The molecule has 5 nitrogen and oxygen atoms in total. The fourth-order valence-corrected chi connectivity index (χ4v) is 3.47. The third kappa shape index (κ3) is 6.88. The summed E-state index contributed by atoms with van der Waals surface area (Å²) in [5.74, 6) is 1.76. The van der Waals surface area contributed by atoms with Gasteiger partial charge < -0.3 is 9.47 Å². The SMILES string of the molecule is C.C.CCCC(=O)c1cc2ccccc2nc1CC.CCCC(=O)c1ccc2c(c1)OCO2. The summed E-state index contributed by atoms with van der Waals surface area (Å²) in [6.45, 7) is 6.31. The van der Waals surface area contributed by atoms with E-state index in [-0.39, 0.29) is 33.2 Å². The number of para-hydroxylation sites is 1. The molecule has 0 radical (unpaired) electrons. The number of rotatable bonds is 7. The van der Waals surface area contributed by atoms with Crippen LogP contribution in [0.1, 0.15) is 87.7 Å². The summed E-state index contributed by atoms with van der Waals surface area (Å²) in [7, 11) is 0. The van der Waals surface area contributed by atoms with E-state index in [1.807, 2.05) is 51.1 Å². The number of hydrogen-bond acceptors (Lipinski definition) is 5. The molecule has 0 unspecified atom stereocenters. The van der Waals surface area contributed by atoms with Crippen LogP contribution in [0.25, 0.3) is 10.9 Å². The topological polar surface area (TPSA) is 65.5 Å². The number of nitrogens with zero attached hydrogens (tertiary/aromatic N) is 1. The van der Waals surface area contributed by atoms with Crippen molar-refractivity contribution < 1.29 is 19.1 Å². The van der Waals surface area contributed by atoms with Gasteiger partial charge in [0.25, 0.3) is 0 Å². The molecule has 2 aromatic carbocycles. The zero-order valence-electron chi connectivity index (χ0n) is 18.4. The fraction of sp³-hybridized carbons (Fsp3) is 0.393. The molecule has 3 aromatic rings. The smallest absolute Gasteiger partial charge is 0.231 e. The van der Waals surface area contributed by atoms with Crippen molar-refractivity contribution in [3.05, 3.63) is 65.4 Å². The monoisotopic (exact) mass is 451 g/mol. The van der Waals surface area contributed by atoms with E-state index in [1.165, 1.54) is 0 Å². The number of hydrogen-bond donors (Lipinski definition) is 0. The Morgan fingerprint density at radius 2 is 1.52 bits per heavy atom. The molecule has 33 heavy (non-hydrogen) atoms. The molecule has 0 saturated carbocycles. The van der Waals surface area contributed by atoms with Crippen molar-refractivity contribution in [1.82, 2.24) is 4.98 Å². The molecule has 0 atom stereocenters. The lowest BCUT2D eigenvalue weighted by Gasteiger charge is -2.07. The Morgan fingerprint density at radius 3 is 2.21 bits per heavy atom. The molecular weight excluding hydrogens is 414 g/mol. The van der Waals surface area contributed by atoms with Crippen molar-refractivity contribution in [3.8, 4) is 11.5 Å². The number of carbonyl (C=O) groups is 2. The van der Waals surface area contributed by atoms with E-state index < -0.39 is 0 Å². The lowest BCUT2D eigenvalue weighted by Crippen LogP contribution is -2.05. The minimum absolute atomic E-state index is 0. The molecule has 0 spiro atoms. The maximum Gasteiger partial charge on any atom is 0.231 e. The predicted octanol–water partition coefficient (Wildman–Crippen LogP) is 7.45. The predicted molar refractivity (Wildman–Crippen MR) is 136 cm³/mol. The Morgan fingerprint density at radius 1 is 0.848 bits per heavy atom. The van der Waals surface area contributed by atoms with Gasteiger partial charge >= 0.3 is 0 Å². The molecule has 1 aromatic heterocycles. The van der Waals surface area contributed by atoms with Crippen LogP contribution in [0.4, 0.5) is 0 Å². The van der Waals surface area contributed by atoms with Crippen LogP contribution in [0.5, 0.6) is 11.5 Å². The van der Waals surface area contributed by atoms with Crippen LogP contribution in [0.15, 0.2) is 48.5 Å². The number of pyridine rings is 1. The zero-order chi connectivity index (χ0) is 22.2. The van der Waals surface area contributed by atoms with Gasteiger partial charge in [0, 0.05) is 29.4 Å². The van der Waals surface area contributed by atoms with Gasteiger partial charge in [0.05, 0.1) is 11.2 Å². The first-order valence-electron chi connectivity index (χ1n) is 10.9. The number of benzene rings is 2. The molecule has 0 fully saturated rings. The third-order valence-corrected chi connectivity index (χ3v) is 5.09. The van der Waals surface area contributed by atoms with E-state index in [0.717, 1.165) is 47.2 Å². The van der Waals surface area contributed by atoms with Gasteiger partial charge in [-0.25, -0.2) is 0 Å². The molecule has 5 heteroatoms. The average molecular weight is 452 g/mol. The second-order valence-corrected chi connectivity index (χ2v) is 7.44. The highest BCUT2D eigenvalue weighted by atomic mass is 16.7. The van der Waals surface area contributed by atoms with E-state index in [9.17, 15) is 9.59 Å². The molecule has 0 saturated heterocycles. The summed E-state index contributed by atoms with van der Waals surface area (Å²) in [6.07, 6.45) is 3.74. The Labute approximate surface area is 198 Å². The van der Waals surface area contributed by atoms with E-state index in [2.05, 4.69) is 4.98 Å². The second kappa shape index (κ2) is 13.4. The van der Waals surface area contributed by atoms with Crippen molar-refractivity contribution >= 4 is 22.5 Å². The van der Waals surface area contributed by atoms with Crippen LogP contribution in [0.2, 0.25) is 0 Å². The summed E-state index contributed by atoms with van der Waals surface area (Å²) in [6, 6.07) is 15.2. The standard InChI is InChI=1S/C15H17NO.C11H12O3.2CH4/c1-3-7-15(17)12-10-11-8-5-6-9-14(11)16-13(12)4-2;1-2-3-9(12)8-4-5-10-11(6-8)14-7-13-10;;/h5-6,8-10H,3-4,7H2,1-2H3;4-6H,2-3,7H2,1H3;2*1H4. The van der Waals surface area contributed by atoms with Gasteiger partial charge in [0.2, 0.25) is 6.79 Å². The van der Waals surface area contributed by atoms with E-state index in [1.54, 1.807) is 18.2 Å². The normalized spacial score (nSPS) is 11.0. The van der Waals surface area contributed by atoms with Gasteiger partial charge in [-0.1, -0.05) is 53.8 Å². The second-order valence-electron chi connectivity index (χ2n) is 7.44. The molecule has 4 rings (SSSR count). The van der Waals surface area contributed by atoms with Gasteiger partial charge in [0.1, 0.15) is 0 Å². The quantitative estimate of drug-likeness (QED) is 0.349.